The predicted molar refractivity (Wildman–Crippen MR) is 97.5 cm³/mol. The highest BCUT2D eigenvalue weighted by molar-refractivity contribution is 7.07. The van der Waals surface area contributed by atoms with Crippen LogP contribution in [0.2, 0.25) is 0 Å². The standard InChI is InChI=1S/C18H31N3OS/c1-4-21(5-2)16(14-9-11-23-13-14)12-20-17(22)15-8-6-7-10-18(15,3)19/h9,11,13,15-16H,4-8,10,12,19H2,1-3H3,(H,20,22). The van der Waals surface area contributed by atoms with Crippen LogP contribution < -0.4 is 11.1 Å². The van der Waals surface area contributed by atoms with Crippen LogP contribution in [0.4, 0.5) is 0 Å². The first kappa shape index (κ1) is 18.4. The zero-order valence-corrected chi connectivity index (χ0v) is 15.5. The van der Waals surface area contributed by atoms with E-state index >= 15 is 0 Å². The van der Waals surface area contributed by atoms with Gasteiger partial charge in [-0.1, -0.05) is 26.7 Å². The molecule has 1 amide bonds. The van der Waals surface area contributed by atoms with E-state index in [1.54, 1.807) is 11.3 Å². The molecule has 3 N–H and O–H groups in total. The van der Waals surface area contributed by atoms with E-state index in [1.807, 2.05) is 6.92 Å². The summed E-state index contributed by atoms with van der Waals surface area (Å²) in [6.45, 7) is 8.97. The number of nitrogens with one attached hydrogen (secondary N) is 1. The Morgan fingerprint density at radius 1 is 1.48 bits per heavy atom. The molecule has 0 spiro atoms. The van der Waals surface area contributed by atoms with Gasteiger partial charge in [-0.15, -0.1) is 0 Å². The Bertz CT molecular complexity index is 482. The van der Waals surface area contributed by atoms with Crippen LogP contribution in [0.25, 0.3) is 0 Å². The second-order valence-electron chi connectivity index (χ2n) is 6.84. The lowest BCUT2D eigenvalue weighted by Crippen LogP contribution is -2.53. The minimum absolute atomic E-state index is 0.0592. The van der Waals surface area contributed by atoms with Crippen molar-refractivity contribution in [2.24, 2.45) is 11.7 Å². The fraction of sp³-hybridized carbons (Fsp3) is 0.722. The van der Waals surface area contributed by atoms with Gasteiger partial charge in [0.1, 0.15) is 0 Å². The topological polar surface area (TPSA) is 58.4 Å². The van der Waals surface area contributed by atoms with E-state index in [0.29, 0.717) is 6.54 Å². The molecule has 1 fully saturated rings. The molecule has 0 bridgehead atoms. The normalized spacial score (nSPS) is 26.2. The Morgan fingerprint density at radius 2 is 2.22 bits per heavy atom. The van der Waals surface area contributed by atoms with Crippen molar-refractivity contribution >= 4 is 17.2 Å². The summed E-state index contributed by atoms with van der Waals surface area (Å²) in [6, 6.07) is 2.40. The van der Waals surface area contributed by atoms with E-state index in [4.69, 9.17) is 5.73 Å². The van der Waals surface area contributed by atoms with E-state index in [9.17, 15) is 4.79 Å². The lowest BCUT2D eigenvalue weighted by atomic mass is 9.74. The van der Waals surface area contributed by atoms with Gasteiger partial charge >= 0.3 is 0 Å². The molecule has 4 nitrogen and oxygen atoms in total. The Balaban J connectivity index is 2.01. The monoisotopic (exact) mass is 337 g/mol. The minimum Gasteiger partial charge on any atom is -0.354 e. The second kappa shape index (κ2) is 8.27. The Kier molecular flexibility index (Phi) is 6.62. The van der Waals surface area contributed by atoms with Crippen LogP contribution in [0.5, 0.6) is 0 Å². The van der Waals surface area contributed by atoms with Crippen molar-refractivity contribution in [2.75, 3.05) is 19.6 Å². The first-order valence-electron chi connectivity index (χ1n) is 8.82. The number of likely N-dealkylation sites (N-methyl/N-ethyl adjacent to an activating group) is 1. The van der Waals surface area contributed by atoms with Crippen molar-refractivity contribution in [2.45, 2.75) is 58.0 Å². The minimum atomic E-state index is -0.366. The zero-order chi connectivity index (χ0) is 16.9. The summed E-state index contributed by atoms with van der Waals surface area (Å²) in [5.41, 5.74) is 7.29. The van der Waals surface area contributed by atoms with E-state index in [-0.39, 0.29) is 23.4 Å². The molecule has 1 aliphatic carbocycles. The van der Waals surface area contributed by atoms with Crippen LogP contribution in [-0.4, -0.2) is 36.0 Å². The lowest BCUT2D eigenvalue weighted by Gasteiger charge is -2.38. The van der Waals surface area contributed by atoms with E-state index in [0.717, 1.165) is 38.8 Å². The molecule has 1 aromatic rings. The summed E-state index contributed by atoms with van der Waals surface area (Å²) in [7, 11) is 0. The number of carbonyl (C=O) groups excluding carboxylic acids is 1. The fourth-order valence-electron chi connectivity index (χ4n) is 3.70. The van der Waals surface area contributed by atoms with Crippen LogP contribution in [0, 0.1) is 5.92 Å². The number of amides is 1. The third-order valence-electron chi connectivity index (χ3n) is 5.22. The van der Waals surface area contributed by atoms with Gasteiger partial charge in [0.15, 0.2) is 0 Å². The molecule has 0 radical (unpaired) electrons. The molecule has 130 valence electrons. The summed E-state index contributed by atoms with van der Waals surface area (Å²) >= 11 is 1.71. The average Bonchev–Trinajstić information content (AvgIpc) is 3.04. The van der Waals surface area contributed by atoms with Crippen molar-refractivity contribution in [1.29, 1.82) is 0 Å². The highest BCUT2D eigenvalue weighted by atomic mass is 32.1. The number of carbonyl (C=O) groups is 1. The van der Waals surface area contributed by atoms with Gasteiger partial charge in [0.05, 0.1) is 12.0 Å². The zero-order valence-electron chi connectivity index (χ0n) is 14.7. The van der Waals surface area contributed by atoms with E-state index in [1.165, 1.54) is 5.56 Å². The average molecular weight is 338 g/mol. The number of hydrogen-bond donors (Lipinski definition) is 2. The maximum Gasteiger partial charge on any atom is 0.225 e. The van der Waals surface area contributed by atoms with Crippen molar-refractivity contribution in [3.05, 3.63) is 22.4 Å². The van der Waals surface area contributed by atoms with Crippen LogP contribution >= 0.6 is 11.3 Å². The molecule has 1 aliphatic rings. The number of thiophene rings is 1. The van der Waals surface area contributed by atoms with Gasteiger partial charge in [-0.2, -0.15) is 11.3 Å². The van der Waals surface area contributed by atoms with Gasteiger partial charge in [0, 0.05) is 12.1 Å². The quantitative estimate of drug-likeness (QED) is 0.803. The highest BCUT2D eigenvalue weighted by Gasteiger charge is 2.37. The molecule has 2 rings (SSSR count). The molecular weight excluding hydrogens is 306 g/mol. The SMILES string of the molecule is CCN(CC)C(CNC(=O)C1CCCCC1(C)N)c1ccsc1. The number of hydrogen-bond acceptors (Lipinski definition) is 4. The maximum absolute atomic E-state index is 12.7. The molecule has 0 saturated heterocycles. The van der Waals surface area contributed by atoms with Gasteiger partial charge in [-0.05, 0) is 55.2 Å². The van der Waals surface area contributed by atoms with Crippen LogP contribution in [0.1, 0.15) is 58.1 Å². The summed E-state index contributed by atoms with van der Waals surface area (Å²) in [6.07, 6.45) is 4.09. The molecule has 1 heterocycles. The highest BCUT2D eigenvalue weighted by Crippen LogP contribution is 2.32. The fourth-order valence-corrected chi connectivity index (χ4v) is 4.40. The Morgan fingerprint density at radius 3 is 2.78 bits per heavy atom. The number of nitrogens with two attached hydrogens (primary N) is 1. The molecule has 0 aliphatic heterocycles. The van der Waals surface area contributed by atoms with Gasteiger partial charge in [-0.25, -0.2) is 0 Å². The third kappa shape index (κ3) is 4.55. The van der Waals surface area contributed by atoms with Crippen LogP contribution in [0.3, 0.4) is 0 Å². The predicted octanol–water partition coefficient (Wildman–Crippen LogP) is 3.15. The molecule has 5 heteroatoms. The molecule has 23 heavy (non-hydrogen) atoms. The Hall–Kier alpha value is -0.910. The summed E-state index contributed by atoms with van der Waals surface area (Å²) in [5.74, 6) is 0.0677. The van der Waals surface area contributed by atoms with Gasteiger partial charge in [0.25, 0.3) is 0 Å². The molecule has 1 aromatic heterocycles. The maximum atomic E-state index is 12.7. The van der Waals surface area contributed by atoms with Gasteiger partial charge in [-0.3, -0.25) is 9.69 Å². The van der Waals surface area contributed by atoms with Crippen molar-refractivity contribution in [1.82, 2.24) is 10.2 Å². The summed E-state index contributed by atoms with van der Waals surface area (Å²) in [5, 5.41) is 7.48. The van der Waals surface area contributed by atoms with E-state index in [2.05, 4.69) is 40.9 Å². The second-order valence-corrected chi connectivity index (χ2v) is 7.62. The third-order valence-corrected chi connectivity index (χ3v) is 5.92. The lowest BCUT2D eigenvalue weighted by molar-refractivity contribution is -0.128. The van der Waals surface area contributed by atoms with Crippen molar-refractivity contribution in [3.63, 3.8) is 0 Å². The summed E-state index contributed by atoms with van der Waals surface area (Å²) < 4.78 is 0. The Labute approximate surface area is 144 Å². The molecule has 1 saturated carbocycles. The van der Waals surface area contributed by atoms with Crippen molar-refractivity contribution in [3.8, 4) is 0 Å². The van der Waals surface area contributed by atoms with Gasteiger partial charge in [0.2, 0.25) is 5.91 Å². The summed E-state index contributed by atoms with van der Waals surface area (Å²) in [4.78, 5) is 15.1. The molecular formula is C18H31N3OS. The number of nitrogens with zero attached hydrogens (tertiary/aromatic N) is 1. The first-order chi connectivity index (χ1) is 11.0. The number of rotatable bonds is 7. The molecule has 0 aromatic carbocycles. The van der Waals surface area contributed by atoms with Crippen LogP contribution in [0.15, 0.2) is 16.8 Å². The van der Waals surface area contributed by atoms with Crippen LogP contribution in [-0.2, 0) is 4.79 Å². The van der Waals surface area contributed by atoms with Gasteiger partial charge < -0.3 is 11.1 Å². The van der Waals surface area contributed by atoms with Crippen molar-refractivity contribution < 1.29 is 4.79 Å². The molecule has 3 unspecified atom stereocenters. The first-order valence-corrected chi connectivity index (χ1v) is 9.76. The molecule has 3 atom stereocenters. The smallest absolute Gasteiger partial charge is 0.225 e. The largest absolute Gasteiger partial charge is 0.354 e. The van der Waals surface area contributed by atoms with E-state index < -0.39 is 0 Å².